The normalized spacial score (nSPS) is 17.4. The Morgan fingerprint density at radius 2 is 1.94 bits per heavy atom. The Bertz CT molecular complexity index is 1370. The molecule has 0 aliphatic carbocycles. The first kappa shape index (κ1) is 20.3. The molecule has 4 aromatic rings. The van der Waals surface area contributed by atoms with E-state index in [-0.39, 0.29) is 11.6 Å². The van der Waals surface area contributed by atoms with E-state index >= 15 is 4.39 Å². The van der Waals surface area contributed by atoms with Crippen molar-refractivity contribution in [2.75, 3.05) is 6.61 Å². The molecule has 0 fully saturated rings. The number of hydrogen-bond acceptors (Lipinski definition) is 4. The molecule has 6 rings (SSSR count). The highest BCUT2D eigenvalue weighted by Gasteiger charge is 2.31. The van der Waals surface area contributed by atoms with E-state index < -0.39 is 12.7 Å². The van der Waals surface area contributed by atoms with Crippen LogP contribution in [0, 0.1) is 5.82 Å². The minimum atomic E-state index is -2.95. The molecule has 33 heavy (non-hydrogen) atoms. The second-order valence-corrected chi connectivity index (χ2v) is 8.21. The van der Waals surface area contributed by atoms with Gasteiger partial charge in [-0.1, -0.05) is 30.3 Å². The number of nitrogens with one attached hydrogen (secondary N) is 1. The molecule has 4 heterocycles. The molecule has 1 N–H and O–H groups in total. The summed E-state index contributed by atoms with van der Waals surface area (Å²) in [7, 11) is 0. The van der Waals surface area contributed by atoms with Crippen LogP contribution in [0.25, 0.3) is 16.8 Å². The van der Waals surface area contributed by atoms with Crippen molar-refractivity contribution in [3.05, 3.63) is 88.6 Å². The van der Waals surface area contributed by atoms with Crippen molar-refractivity contribution in [3.63, 3.8) is 0 Å². The fourth-order valence-corrected chi connectivity index (χ4v) is 4.76. The lowest BCUT2D eigenvalue weighted by Gasteiger charge is -2.25. The fraction of sp³-hybridized carbons (Fsp3) is 0.240. The zero-order chi connectivity index (χ0) is 22.5. The minimum Gasteiger partial charge on any atom is -0.434 e. The van der Waals surface area contributed by atoms with E-state index in [1.54, 1.807) is 24.4 Å². The molecule has 0 unspecified atom stereocenters. The van der Waals surface area contributed by atoms with Crippen molar-refractivity contribution in [2.24, 2.45) is 0 Å². The van der Waals surface area contributed by atoms with Gasteiger partial charge in [0.2, 0.25) is 0 Å². The summed E-state index contributed by atoms with van der Waals surface area (Å²) >= 11 is 0. The van der Waals surface area contributed by atoms with Crippen molar-refractivity contribution < 1.29 is 22.6 Å². The Hall–Kier alpha value is -3.36. The van der Waals surface area contributed by atoms with E-state index in [4.69, 9.17) is 9.47 Å². The van der Waals surface area contributed by atoms with Gasteiger partial charge in [0, 0.05) is 42.9 Å². The van der Waals surface area contributed by atoms with Crippen LogP contribution in [0.3, 0.4) is 0 Å². The number of fused-ring (bicyclic) bond motifs is 4. The molecule has 1 atom stereocenters. The van der Waals surface area contributed by atoms with Gasteiger partial charge in [-0.2, -0.15) is 8.78 Å². The zero-order valence-corrected chi connectivity index (χ0v) is 17.5. The van der Waals surface area contributed by atoms with Crippen molar-refractivity contribution in [1.82, 2.24) is 14.7 Å². The first-order valence-electron chi connectivity index (χ1n) is 10.8. The SMILES string of the molecule is Fc1cc2nc3c(n2cc1-c1ccc2c(c1)CNC2)[C@@H](c1ccccc1OC(F)F)OCC3. The number of imidazole rings is 1. The molecular weight excluding hydrogens is 431 g/mol. The number of ether oxygens (including phenoxy) is 2. The maximum atomic E-state index is 15.1. The molecule has 5 nitrogen and oxygen atoms in total. The van der Waals surface area contributed by atoms with Crippen LogP contribution in [0.1, 0.15) is 34.2 Å². The Kier molecular flexibility index (Phi) is 4.85. The summed E-state index contributed by atoms with van der Waals surface area (Å²) in [6, 6.07) is 13.9. The highest BCUT2D eigenvalue weighted by Crippen LogP contribution is 2.39. The van der Waals surface area contributed by atoms with Gasteiger partial charge in [-0.3, -0.25) is 4.40 Å². The molecule has 2 aliphatic heterocycles. The first-order chi connectivity index (χ1) is 16.1. The summed E-state index contributed by atoms with van der Waals surface area (Å²) in [4.78, 5) is 4.62. The summed E-state index contributed by atoms with van der Waals surface area (Å²) in [6.07, 6.45) is 1.60. The maximum absolute atomic E-state index is 15.1. The van der Waals surface area contributed by atoms with Gasteiger partial charge < -0.3 is 14.8 Å². The van der Waals surface area contributed by atoms with Crippen LogP contribution in [-0.4, -0.2) is 22.6 Å². The summed E-state index contributed by atoms with van der Waals surface area (Å²) in [5.74, 6) is -0.316. The van der Waals surface area contributed by atoms with Gasteiger partial charge in [0.05, 0.1) is 18.0 Å². The number of halogens is 3. The quantitative estimate of drug-likeness (QED) is 0.474. The molecule has 0 saturated heterocycles. The lowest BCUT2D eigenvalue weighted by molar-refractivity contribution is -0.0522. The van der Waals surface area contributed by atoms with Crippen LogP contribution >= 0.6 is 0 Å². The van der Waals surface area contributed by atoms with Crippen LogP contribution in [0.5, 0.6) is 5.75 Å². The third kappa shape index (κ3) is 3.46. The van der Waals surface area contributed by atoms with Crippen molar-refractivity contribution in [2.45, 2.75) is 32.2 Å². The predicted molar refractivity (Wildman–Crippen MR) is 116 cm³/mol. The number of aromatic nitrogens is 2. The first-order valence-corrected chi connectivity index (χ1v) is 10.8. The summed E-state index contributed by atoms with van der Waals surface area (Å²) in [5, 5.41) is 3.30. The van der Waals surface area contributed by atoms with Gasteiger partial charge >= 0.3 is 6.61 Å². The molecule has 0 radical (unpaired) electrons. The number of rotatable bonds is 4. The molecule has 0 amide bonds. The third-order valence-corrected chi connectivity index (χ3v) is 6.26. The van der Waals surface area contributed by atoms with E-state index in [1.807, 2.05) is 22.6 Å². The van der Waals surface area contributed by atoms with Gasteiger partial charge in [0.1, 0.15) is 23.3 Å². The zero-order valence-electron chi connectivity index (χ0n) is 17.5. The Morgan fingerprint density at radius 3 is 2.82 bits per heavy atom. The minimum absolute atomic E-state index is 0.0498. The second kappa shape index (κ2) is 7.90. The molecule has 8 heteroatoms. The molecular formula is C25H20F3N3O2. The Labute approximate surface area is 187 Å². The molecule has 0 saturated carbocycles. The van der Waals surface area contributed by atoms with Gasteiger partial charge in [-0.15, -0.1) is 0 Å². The standard InChI is InChI=1S/C25H20F3N3O2/c26-19-10-22-30-20-7-8-32-24(17-3-1-2-4-21(17)33-25(27)28)23(20)31(22)13-18(19)14-5-6-15-11-29-12-16(15)9-14/h1-6,9-10,13,24-25,29H,7-8,11-12H2/t24-/m1/s1. The van der Waals surface area contributed by atoms with E-state index in [0.29, 0.717) is 35.5 Å². The van der Waals surface area contributed by atoms with Crippen molar-refractivity contribution >= 4 is 5.65 Å². The lowest BCUT2D eigenvalue weighted by atomic mass is 10.00. The highest BCUT2D eigenvalue weighted by molar-refractivity contribution is 5.68. The smallest absolute Gasteiger partial charge is 0.387 e. The summed E-state index contributed by atoms with van der Waals surface area (Å²) in [6.45, 7) is -1.01. The largest absolute Gasteiger partial charge is 0.434 e. The number of pyridine rings is 1. The van der Waals surface area contributed by atoms with Crippen molar-refractivity contribution in [3.8, 4) is 16.9 Å². The van der Waals surface area contributed by atoms with E-state index in [1.165, 1.54) is 17.7 Å². The Morgan fingerprint density at radius 1 is 1.09 bits per heavy atom. The van der Waals surface area contributed by atoms with Crippen LogP contribution in [-0.2, 0) is 24.2 Å². The number of hydrogen-bond donors (Lipinski definition) is 1. The predicted octanol–water partition coefficient (Wildman–Crippen LogP) is 5.01. The Balaban J connectivity index is 1.51. The third-order valence-electron chi connectivity index (χ3n) is 6.26. The van der Waals surface area contributed by atoms with E-state index in [0.717, 1.165) is 29.9 Å². The number of nitrogens with zero attached hydrogens (tertiary/aromatic N) is 2. The van der Waals surface area contributed by atoms with Gasteiger partial charge in [0.15, 0.2) is 0 Å². The maximum Gasteiger partial charge on any atom is 0.387 e. The molecule has 0 bridgehead atoms. The molecule has 0 spiro atoms. The van der Waals surface area contributed by atoms with Crippen molar-refractivity contribution in [1.29, 1.82) is 0 Å². The van der Waals surface area contributed by atoms with Crippen LogP contribution in [0.15, 0.2) is 54.7 Å². The van der Waals surface area contributed by atoms with Gasteiger partial charge in [-0.05, 0) is 28.8 Å². The van der Waals surface area contributed by atoms with Crippen LogP contribution in [0.4, 0.5) is 13.2 Å². The molecule has 168 valence electrons. The molecule has 2 aliphatic rings. The average molecular weight is 451 g/mol. The topological polar surface area (TPSA) is 47.8 Å². The van der Waals surface area contributed by atoms with Crippen LogP contribution in [0.2, 0.25) is 0 Å². The number of alkyl halides is 2. The number of benzene rings is 2. The molecule has 2 aromatic carbocycles. The average Bonchev–Trinajstić information content (AvgIpc) is 3.41. The summed E-state index contributed by atoms with van der Waals surface area (Å²) < 4.78 is 53.7. The fourth-order valence-electron chi connectivity index (χ4n) is 4.76. The van der Waals surface area contributed by atoms with Crippen LogP contribution < -0.4 is 10.1 Å². The lowest BCUT2D eigenvalue weighted by Crippen LogP contribution is -2.20. The second-order valence-electron chi connectivity index (χ2n) is 8.21. The highest BCUT2D eigenvalue weighted by atomic mass is 19.3. The summed E-state index contributed by atoms with van der Waals surface area (Å²) in [5.41, 5.74) is 5.97. The number of para-hydroxylation sites is 1. The monoisotopic (exact) mass is 451 g/mol. The van der Waals surface area contributed by atoms with E-state index in [9.17, 15) is 8.78 Å². The van der Waals surface area contributed by atoms with Gasteiger partial charge in [0.25, 0.3) is 0 Å². The molecule has 2 aromatic heterocycles. The van der Waals surface area contributed by atoms with Gasteiger partial charge in [-0.25, -0.2) is 9.37 Å². The van der Waals surface area contributed by atoms with E-state index in [2.05, 4.69) is 10.3 Å².